The molecule has 0 aromatic heterocycles. The topological polar surface area (TPSA) is 364 Å². The molecule has 27 heteroatoms. The van der Waals surface area contributed by atoms with Crippen LogP contribution in [0.25, 0.3) is 0 Å². The number of thiol groups is 3. The largest absolute Gasteiger partial charge is 0.481 e. The standard InChI is InChI=1S/C39H60N12O11S4/c1-42-12-6-5-10-23-33(57)49-26(17-63)36(60)47-22(11-7-13-43-39(40)41)32(56)44-16-29(52)46-25(15-31(54)55)35(59)50-27(18-64)37(61)48-24(14-21-8-3-2-4-9-21)34(58)51-28(38(62)65)19-66-20-30(53)45-23/h2-4,8-9,22-28,42,63-64H,5-7,10-20H2,1H3,(H,44,56)(H,45,53)(H,46,52)(H,47,60)(H,48,61)(H,49,57)(H,50,59)(H,51,58)(H,54,55)(H,62,65)(H4,40,41,43)/t22-,23-,24-,25-,26-,27-,28-/m0/s1. The van der Waals surface area contributed by atoms with E-state index < -0.39 is 114 Å². The molecule has 23 nitrogen and oxygen atoms in total. The third kappa shape index (κ3) is 21.8. The van der Waals surface area contributed by atoms with E-state index in [1.807, 2.05) is 0 Å². The summed E-state index contributed by atoms with van der Waals surface area (Å²) < 4.78 is 0. The van der Waals surface area contributed by atoms with Gasteiger partial charge in [-0.3, -0.25) is 52.9 Å². The number of benzene rings is 1. The minimum atomic E-state index is -1.78. The van der Waals surface area contributed by atoms with Crippen molar-refractivity contribution in [3.05, 3.63) is 35.9 Å². The van der Waals surface area contributed by atoms with Crippen LogP contribution in [0.4, 0.5) is 0 Å². The lowest BCUT2D eigenvalue weighted by atomic mass is 10.0. The van der Waals surface area contributed by atoms with Crippen molar-refractivity contribution in [3.63, 3.8) is 0 Å². The average molecular weight is 1000 g/mol. The number of nitrogens with one attached hydrogen (secondary N) is 9. The van der Waals surface area contributed by atoms with Crippen LogP contribution in [0.15, 0.2) is 35.3 Å². The summed E-state index contributed by atoms with van der Waals surface area (Å²) in [6, 6.07) is -1.23. The Morgan fingerprint density at radius 1 is 0.712 bits per heavy atom. The van der Waals surface area contributed by atoms with Gasteiger partial charge in [0.05, 0.1) is 18.7 Å². The second-order valence-electron chi connectivity index (χ2n) is 14.8. The van der Waals surface area contributed by atoms with Gasteiger partial charge in [0.2, 0.25) is 52.4 Å². The van der Waals surface area contributed by atoms with E-state index in [9.17, 15) is 53.1 Å². The molecule has 0 bridgehead atoms. The Hall–Kier alpha value is -5.25. The molecule has 1 aromatic carbocycles. The number of rotatable bonds is 16. The van der Waals surface area contributed by atoms with Crippen LogP contribution in [0.3, 0.4) is 0 Å². The number of aliphatic carboxylic acids is 1. The highest BCUT2D eigenvalue weighted by Gasteiger charge is 2.33. The van der Waals surface area contributed by atoms with E-state index in [2.05, 4.69) is 90.7 Å². The number of nitrogens with two attached hydrogens (primary N) is 2. The van der Waals surface area contributed by atoms with Crippen molar-refractivity contribution in [2.24, 2.45) is 16.5 Å². The number of carbonyl (C=O) groups excluding carboxylic acids is 9. The molecule has 2 rings (SSSR count). The van der Waals surface area contributed by atoms with Crippen molar-refractivity contribution in [1.29, 1.82) is 0 Å². The van der Waals surface area contributed by atoms with Gasteiger partial charge in [-0.1, -0.05) is 30.3 Å². The summed E-state index contributed by atoms with van der Waals surface area (Å²) in [5, 5.41) is 31.5. The summed E-state index contributed by atoms with van der Waals surface area (Å²) in [6.45, 7) is -0.153. The summed E-state index contributed by atoms with van der Waals surface area (Å²) in [7, 11) is 1.75. The van der Waals surface area contributed by atoms with Gasteiger partial charge in [-0.25, -0.2) is 0 Å². The van der Waals surface area contributed by atoms with Crippen LogP contribution in [0.1, 0.15) is 44.1 Å². The molecule has 8 amide bonds. The molecule has 7 atom stereocenters. The van der Waals surface area contributed by atoms with Gasteiger partial charge in [0.1, 0.15) is 42.3 Å². The molecule has 0 saturated carbocycles. The summed E-state index contributed by atoms with van der Waals surface area (Å²) in [4.78, 5) is 136. The Morgan fingerprint density at radius 3 is 1.82 bits per heavy atom. The van der Waals surface area contributed by atoms with Gasteiger partial charge in [0.15, 0.2) is 5.96 Å². The van der Waals surface area contributed by atoms with Crippen LogP contribution >= 0.6 is 49.6 Å². The van der Waals surface area contributed by atoms with Crippen molar-refractivity contribution < 1.29 is 53.1 Å². The van der Waals surface area contributed by atoms with Gasteiger partial charge in [-0.2, -0.15) is 25.3 Å². The molecule has 366 valence electrons. The molecule has 0 radical (unpaired) electrons. The Bertz CT molecular complexity index is 1880. The predicted molar refractivity (Wildman–Crippen MR) is 256 cm³/mol. The number of carbonyl (C=O) groups is 10. The molecule has 0 unspecified atom stereocenters. The molecule has 1 aromatic rings. The van der Waals surface area contributed by atoms with E-state index in [0.29, 0.717) is 24.9 Å². The van der Waals surface area contributed by atoms with Gasteiger partial charge in [-0.05, 0) is 51.3 Å². The molecular weight excluding hydrogens is 941 g/mol. The molecule has 1 saturated heterocycles. The first-order chi connectivity index (χ1) is 31.4. The van der Waals surface area contributed by atoms with Crippen molar-refractivity contribution >= 4 is 114 Å². The number of carboxylic acids is 1. The van der Waals surface area contributed by atoms with Crippen LogP contribution < -0.4 is 59.3 Å². The molecule has 0 spiro atoms. The van der Waals surface area contributed by atoms with Gasteiger partial charge in [0, 0.05) is 30.2 Å². The van der Waals surface area contributed by atoms with Gasteiger partial charge in [-0.15, -0.1) is 24.4 Å². The first-order valence-electron chi connectivity index (χ1n) is 20.7. The minimum Gasteiger partial charge on any atom is -0.481 e. The lowest BCUT2D eigenvalue weighted by Crippen LogP contribution is -2.59. The second-order valence-corrected chi connectivity index (χ2v) is 17.0. The highest BCUT2D eigenvalue weighted by Crippen LogP contribution is 2.11. The Balaban J connectivity index is 2.56. The number of guanidine groups is 1. The third-order valence-electron chi connectivity index (χ3n) is 9.53. The molecule has 1 fully saturated rings. The summed E-state index contributed by atoms with van der Waals surface area (Å²) >= 11 is 13.3. The first-order valence-corrected chi connectivity index (χ1v) is 23.6. The highest BCUT2D eigenvalue weighted by atomic mass is 32.2. The molecule has 1 aliphatic rings. The Labute approximate surface area is 402 Å². The first kappa shape index (κ1) is 56.9. The Morgan fingerprint density at radius 2 is 1.24 bits per heavy atom. The van der Waals surface area contributed by atoms with Crippen LogP contribution in [-0.4, -0.2) is 161 Å². The van der Waals surface area contributed by atoms with Crippen LogP contribution in [0.5, 0.6) is 0 Å². The molecule has 14 N–H and O–H groups in total. The van der Waals surface area contributed by atoms with E-state index in [1.54, 1.807) is 37.4 Å². The predicted octanol–water partition coefficient (Wildman–Crippen LogP) is -4.28. The fourth-order valence-electron chi connectivity index (χ4n) is 6.10. The number of carboxylic acid groups (broad SMARTS) is 1. The summed E-state index contributed by atoms with van der Waals surface area (Å²) in [6.07, 6.45) is 0.302. The van der Waals surface area contributed by atoms with E-state index in [-0.39, 0.29) is 61.2 Å². The molecule has 1 aliphatic heterocycles. The quantitative estimate of drug-likeness (QED) is 0.0323. The number of aliphatic imine (C=N–C) groups is 1. The van der Waals surface area contributed by atoms with Gasteiger partial charge < -0.3 is 64.4 Å². The minimum absolute atomic E-state index is 0.0474. The van der Waals surface area contributed by atoms with Crippen LogP contribution in [-0.2, 0) is 54.4 Å². The molecule has 1 heterocycles. The second kappa shape index (κ2) is 30.9. The smallest absolute Gasteiger partial charge is 0.305 e. The van der Waals surface area contributed by atoms with Gasteiger partial charge in [0.25, 0.3) is 0 Å². The highest BCUT2D eigenvalue weighted by molar-refractivity contribution is 8.00. The fraction of sp³-hybridized carbons (Fsp3) is 0.564. The number of unbranched alkanes of at least 4 members (excludes halogenated alkanes) is 1. The third-order valence-corrected chi connectivity index (χ3v) is 11.6. The normalized spacial score (nSPS) is 23.8. The van der Waals surface area contributed by atoms with Crippen molar-refractivity contribution in [1.82, 2.24) is 47.9 Å². The average Bonchev–Trinajstić information content (AvgIpc) is 3.27. The Kier molecular flexibility index (Phi) is 26.6. The fourth-order valence-corrected chi connectivity index (χ4v) is 7.75. The number of hydrogen-bond acceptors (Lipinski definition) is 15. The van der Waals surface area contributed by atoms with Crippen molar-refractivity contribution in [3.8, 4) is 0 Å². The monoisotopic (exact) mass is 1000 g/mol. The lowest BCUT2D eigenvalue weighted by Gasteiger charge is -2.25. The summed E-state index contributed by atoms with van der Waals surface area (Å²) in [5.41, 5.74) is 11.4. The van der Waals surface area contributed by atoms with E-state index >= 15 is 0 Å². The van der Waals surface area contributed by atoms with Crippen molar-refractivity contribution in [2.45, 2.75) is 87.2 Å². The van der Waals surface area contributed by atoms with E-state index in [4.69, 9.17) is 11.5 Å². The van der Waals surface area contributed by atoms with Crippen molar-refractivity contribution in [2.75, 3.05) is 49.7 Å². The number of hydrogen-bond donors (Lipinski definition) is 15. The zero-order chi connectivity index (χ0) is 49.2. The maximum absolute atomic E-state index is 13.8. The lowest BCUT2D eigenvalue weighted by molar-refractivity contribution is -0.141. The maximum Gasteiger partial charge on any atom is 0.305 e. The van der Waals surface area contributed by atoms with Crippen LogP contribution in [0.2, 0.25) is 0 Å². The number of amides is 8. The van der Waals surface area contributed by atoms with Crippen LogP contribution in [0, 0.1) is 0 Å². The number of thioether (sulfide) groups is 1. The summed E-state index contributed by atoms with van der Waals surface area (Å²) in [5.74, 6) is -9.82. The molecular formula is C39H60N12O11S4. The zero-order valence-corrected chi connectivity index (χ0v) is 39.7. The zero-order valence-electron chi connectivity index (χ0n) is 36.2. The number of nitrogens with zero attached hydrogens (tertiary/aromatic N) is 1. The molecule has 66 heavy (non-hydrogen) atoms. The van der Waals surface area contributed by atoms with Gasteiger partial charge >= 0.3 is 5.97 Å². The SMILES string of the molecule is CNCCCC[C@@H]1NC(=O)CSC[C@@H](C(=O)S)NC(=O)[C@H](Cc2ccccc2)NC(=O)[C@H](CS)NC(=O)[C@H](CC(=O)O)NC(=O)CNC(=O)[C@H](CCCN=C(N)N)NC(=O)[C@H](CS)NC1=O. The van der Waals surface area contributed by atoms with E-state index in [1.165, 1.54) is 0 Å². The maximum atomic E-state index is 13.8. The van der Waals surface area contributed by atoms with E-state index in [0.717, 1.165) is 11.8 Å². The molecule has 0 aliphatic carbocycles.